The van der Waals surface area contributed by atoms with E-state index in [-0.39, 0.29) is 0 Å². The minimum Gasteiger partial charge on any atom is -0.497 e. The Kier molecular flexibility index (Phi) is 5.54. The van der Waals surface area contributed by atoms with Crippen molar-refractivity contribution in [2.24, 2.45) is 0 Å². The van der Waals surface area contributed by atoms with Crippen molar-refractivity contribution in [1.29, 1.82) is 0 Å². The second-order valence-corrected chi connectivity index (χ2v) is 4.87. The second-order valence-electron chi connectivity index (χ2n) is 4.87. The lowest BCUT2D eigenvalue weighted by atomic mass is 10.0. The van der Waals surface area contributed by atoms with Crippen LogP contribution in [-0.2, 0) is 9.53 Å². The molecule has 0 aromatic heterocycles. The van der Waals surface area contributed by atoms with Crippen LogP contribution in [0.1, 0.15) is 11.6 Å². The minimum absolute atomic E-state index is 0.429. The summed E-state index contributed by atoms with van der Waals surface area (Å²) in [6.45, 7) is 0. The number of ether oxygens (including phenoxy) is 2. The molecule has 0 saturated heterocycles. The van der Waals surface area contributed by atoms with E-state index < -0.39 is 23.9 Å². The Morgan fingerprint density at radius 2 is 1.87 bits per heavy atom. The average molecular weight is 319 g/mol. The van der Waals surface area contributed by atoms with Gasteiger partial charge in [0.25, 0.3) is 0 Å². The smallest absolute Gasteiger partial charge is 0.337 e. The Balaban J connectivity index is 2.30. The van der Waals surface area contributed by atoms with E-state index in [1.54, 1.807) is 37.4 Å². The largest absolute Gasteiger partial charge is 0.497 e. The van der Waals surface area contributed by atoms with Gasteiger partial charge >= 0.3 is 5.97 Å². The molecule has 0 fully saturated rings. The Bertz CT molecular complexity index is 660. The summed E-state index contributed by atoms with van der Waals surface area (Å²) in [5.74, 6) is -0.590. The molecule has 0 aliphatic rings. The van der Waals surface area contributed by atoms with Crippen LogP contribution in [0.5, 0.6) is 5.75 Å². The average Bonchev–Trinajstić information content (AvgIpc) is 2.58. The number of halogens is 1. The van der Waals surface area contributed by atoms with Crippen molar-refractivity contribution in [2.75, 3.05) is 19.5 Å². The Morgan fingerprint density at radius 3 is 2.43 bits per heavy atom. The predicted molar refractivity (Wildman–Crippen MR) is 83.8 cm³/mol. The van der Waals surface area contributed by atoms with Crippen LogP contribution in [0.2, 0.25) is 0 Å². The minimum atomic E-state index is -1.48. The molecule has 0 radical (unpaired) electrons. The third-order valence-corrected chi connectivity index (χ3v) is 3.38. The fourth-order valence-corrected chi connectivity index (χ4v) is 2.17. The molecule has 6 heteroatoms. The van der Waals surface area contributed by atoms with Crippen LogP contribution in [0.15, 0.2) is 48.5 Å². The number of aliphatic hydroxyl groups excluding tert-OH is 1. The highest BCUT2D eigenvalue weighted by molar-refractivity contribution is 5.76. The van der Waals surface area contributed by atoms with Gasteiger partial charge in [-0.25, -0.2) is 9.18 Å². The highest BCUT2D eigenvalue weighted by Gasteiger charge is 2.28. The Morgan fingerprint density at radius 1 is 1.17 bits per heavy atom. The number of hydrogen-bond donors (Lipinski definition) is 2. The summed E-state index contributed by atoms with van der Waals surface area (Å²) in [4.78, 5) is 11.7. The normalized spacial score (nSPS) is 13.0. The Hall–Kier alpha value is -2.60. The first-order valence-corrected chi connectivity index (χ1v) is 6.97. The molecule has 0 amide bonds. The summed E-state index contributed by atoms with van der Waals surface area (Å²) in [6.07, 6.45) is -1.48. The summed E-state index contributed by atoms with van der Waals surface area (Å²) < 4.78 is 23.1. The van der Waals surface area contributed by atoms with E-state index in [4.69, 9.17) is 4.74 Å². The molecular formula is C17H18FNO4. The van der Waals surface area contributed by atoms with Crippen molar-refractivity contribution in [3.8, 4) is 5.75 Å². The van der Waals surface area contributed by atoms with Crippen molar-refractivity contribution >= 4 is 11.7 Å². The number of benzene rings is 2. The standard InChI is InChI=1S/C17H18FNO4/c1-22-14-8-6-13(7-9-14)19-15(16(20)17(21)23-2)11-4-3-5-12(18)10-11/h3-10,15-16,19-20H,1-2H3/t15-,16-/m1/s1. The van der Waals surface area contributed by atoms with Crippen molar-refractivity contribution in [3.05, 3.63) is 59.9 Å². The first kappa shape index (κ1) is 16.8. The molecule has 23 heavy (non-hydrogen) atoms. The van der Waals surface area contributed by atoms with E-state index in [0.29, 0.717) is 17.0 Å². The van der Waals surface area contributed by atoms with Gasteiger partial charge in [0.15, 0.2) is 6.10 Å². The number of carbonyl (C=O) groups excluding carboxylic acids is 1. The summed E-state index contributed by atoms with van der Waals surface area (Å²) in [6, 6.07) is 11.8. The molecule has 0 saturated carbocycles. The molecule has 0 spiro atoms. The van der Waals surface area contributed by atoms with Crippen LogP contribution in [0.4, 0.5) is 10.1 Å². The van der Waals surface area contributed by atoms with Gasteiger partial charge in [-0.3, -0.25) is 0 Å². The van der Waals surface area contributed by atoms with Crippen LogP contribution >= 0.6 is 0 Å². The van der Waals surface area contributed by atoms with Crippen molar-refractivity contribution < 1.29 is 23.8 Å². The number of nitrogens with one attached hydrogen (secondary N) is 1. The number of anilines is 1. The topological polar surface area (TPSA) is 67.8 Å². The monoisotopic (exact) mass is 319 g/mol. The van der Waals surface area contributed by atoms with Crippen LogP contribution in [0.25, 0.3) is 0 Å². The summed E-state index contributed by atoms with van der Waals surface area (Å²) in [5.41, 5.74) is 1.07. The van der Waals surface area contributed by atoms with E-state index in [9.17, 15) is 14.3 Å². The van der Waals surface area contributed by atoms with Gasteiger partial charge < -0.3 is 19.9 Å². The Labute approximate surface area is 133 Å². The molecule has 0 bridgehead atoms. The van der Waals surface area contributed by atoms with Crippen molar-refractivity contribution in [1.82, 2.24) is 0 Å². The zero-order valence-corrected chi connectivity index (χ0v) is 12.8. The molecule has 0 aliphatic heterocycles. The predicted octanol–water partition coefficient (Wildman–Crippen LogP) is 2.52. The van der Waals surface area contributed by atoms with Gasteiger partial charge in [0.1, 0.15) is 11.6 Å². The summed E-state index contributed by atoms with van der Waals surface area (Å²) >= 11 is 0. The number of methoxy groups -OCH3 is 2. The van der Waals surface area contributed by atoms with E-state index >= 15 is 0 Å². The molecule has 0 aliphatic carbocycles. The molecule has 2 aromatic carbocycles. The number of rotatable bonds is 6. The molecular weight excluding hydrogens is 301 g/mol. The first-order valence-electron chi connectivity index (χ1n) is 6.97. The van der Waals surface area contributed by atoms with Gasteiger partial charge in [-0.05, 0) is 42.0 Å². The number of carbonyl (C=O) groups is 1. The molecule has 0 unspecified atom stereocenters. The molecule has 2 aromatic rings. The third kappa shape index (κ3) is 4.20. The SMILES string of the molecule is COC(=O)[C@H](O)[C@H](Nc1ccc(OC)cc1)c1cccc(F)c1. The molecule has 2 N–H and O–H groups in total. The molecule has 2 atom stereocenters. The van der Waals surface area contributed by atoms with E-state index in [1.807, 2.05) is 0 Å². The van der Waals surface area contributed by atoms with Crippen LogP contribution in [0.3, 0.4) is 0 Å². The maximum atomic E-state index is 13.5. The highest BCUT2D eigenvalue weighted by Crippen LogP contribution is 2.25. The van der Waals surface area contributed by atoms with Gasteiger partial charge in [0, 0.05) is 5.69 Å². The lowest BCUT2D eigenvalue weighted by molar-refractivity contribution is -0.151. The van der Waals surface area contributed by atoms with Crippen molar-refractivity contribution in [2.45, 2.75) is 12.1 Å². The fraction of sp³-hybridized carbons (Fsp3) is 0.235. The van der Waals surface area contributed by atoms with E-state index in [2.05, 4.69) is 10.1 Å². The quantitative estimate of drug-likeness (QED) is 0.801. The van der Waals surface area contributed by atoms with Crippen molar-refractivity contribution in [3.63, 3.8) is 0 Å². The van der Waals surface area contributed by atoms with E-state index in [0.717, 1.165) is 0 Å². The van der Waals surface area contributed by atoms with Crippen LogP contribution < -0.4 is 10.1 Å². The summed E-state index contributed by atoms with van der Waals surface area (Å²) in [5, 5.41) is 13.2. The van der Waals surface area contributed by atoms with Gasteiger partial charge in [0.05, 0.1) is 20.3 Å². The third-order valence-electron chi connectivity index (χ3n) is 3.38. The lowest BCUT2D eigenvalue weighted by Crippen LogP contribution is -2.33. The fourth-order valence-electron chi connectivity index (χ4n) is 2.17. The molecule has 122 valence electrons. The van der Waals surface area contributed by atoms with Gasteiger partial charge in [-0.1, -0.05) is 12.1 Å². The first-order chi connectivity index (χ1) is 11.0. The molecule has 5 nitrogen and oxygen atoms in total. The van der Waals surface area contributed by atoms with Crippen LogP contribution in [-0.4, -0.2) is 31.4 Å². The zero-order chi connectivity index (χ0) is 16.8. The number of aliphatic hydroxyl groups is 1. The van der Waals surface area contributed by atoms with E-state index in [1.165, 1.54) is 25.3 Å². The van der Waals surface area contributed by atoms with Gasteiger partial charge in [0.2, 0.25) is 0 Å². The number of hydrogen-bond acceptors (Lipinski definition) is 5. The van der Waals surface area contributed by atoms with Crippen LogP contribution in [0, 0.1) is 5.82 Å². The van der Waals surface area contributed by atoms with Gasteiger partial charge in [-0.15, -0.1) is 0 Å². The lowest BCUT2D eigenvalue weighted by Gasteiger charge is -2.24. The maximum absolute atomic E-state index is 13.5. The highest BCUT2D eigenvalue weighted by atomic mass is 19.1. The zero-order valence-electron chi connectivity index (χ0n) is 12.8. The molecule has 2 rings (SSSR count). The van der Waals surface area contributed by atoms with Gasteiger partial charge in [-0.2, -0.15) is 0 Å². The maximum Gasteiger partial charge on any atom is 0.337 e. The summed E-state index contributed by atoms with van der Waals surface area (Å²) in [7, 11) is 2.74. The second kappa shape index (κ2) is 7.60. The molecule has 0 heterocycles. The number of esters is 1.